The van der Waals surface area contributed by atoms with Crippen molar-refractivity contribution in [2.75, 3.05) is 35.7 Å². The van der Waals surface area contributed by atoms with Gasteiger partial charge in [0.25, 0.3) is 0 Å². The van der Waals surface area contributed by atoms with E-state index in [-0.39, 0.29) is 5.91 Å². The normalized spacial score (nSPS) is 20.6. The maximum atomic E-state index is 12.8. The van der Waals surface area contributed by atoms with Crippen LogP contribution in [0.25, 0.3) is 0 Å². The van der Waals surface area contributed by atoms with Crippen molar-refractivity contribution in [2.45, 2.75) is 50.2 Å². The van der Waals surface area contributed by atoms with Crippen LogP contribution in [-0.2, 0) is 9.53 Å². The maximum Gasteiger partial charge on any atom is 0.408 e. The van der Waals surface area contributed by atoms with Crippen molar-refractivity contribution in [3.63, 3.8) is 0 Å². The minimum Gasteiger partial charge on any atom is -0.444 e. The van der Waals surface area contributed by atoms with E-state index in [2.05, 4.69) is 15.2 Å². The van der Waals surface area contributed by atoms with E-state index >= 15 is 0 Å². The third-order valence-corrected chi connectivity index (χ3v) is 5.49. The number of ether oxygens (including phenoxy) is 1. The zero-order chi connectivity index (χ0) is 18.9. The van der Waals surface area contributed by atoms with Crippen molar-refractivity contribution in [3.8, 4) is 0 Å². The van der Waals surface area contributed by atoms with Crippen LogP contribution in [0.5, 0.6) is 0 Å². The van der Waals surface area contributed by atoms with Crippen LogP contribution in [0.3, 0.4) is 0 Å². The first-order valence-corrected chi connectivity index (χ1v) is 9.88. The van der Waals surface area contributed by atoms with Crippen LogP contribution in [0.15, 0.2) is 17.2 Å². The molecule has 0 bridgehead atoms. The fraction of sp³-hybridized carbons (Fsp3) is 0.611. The predicted molar refractivity (Wildman–Crippen MR) is 103 cm³/mol. The molecule has 0 aliphatic carbocycles. The Kier molecular flexibility index (Phi) is 5.32. The number of fused-ring (bicyclic) bond motifs is 1. The van der Waals surface area contributed by atoms with Crippen LogP contribution in [0.4, 0.5) is 16.3 Å². The van der Waals surface area contributed by atoms with Gasteiger partial charge in [0.1, 0.15) is 17.5 Å². The van der Waals surface area contributed by atoms with Crippen molar-refractivity contribution in [2.24, 2.45) is 0 Å². The number of pyridine rings is 1. The molecule has 1 aromatic rings. The van der Waals surface area contributed by atoms with Gasteiger partial charge in [0.05, 0.1) is 11.9 Å². The largest absolute Gasteiger partial charge is 0.444 e. The molecule has 7 nitrogen and oxygen atoms in total. The Morgan fingerprint density at radius 3 is 2.69 bits per heavy atom. The second-order valence-electron chi connectivity index (χ2n) is 7.61. The molecule has 3 rings (SSSR count). The number of nitrogens with one attached hydrogen (secondary N) is 1. The third kappa shape index (κ3) is 4.23. The molecule has 1 saturated heterocycles. The lowest BCUT2D eigenvalue weighted by Gasteiger charge is -2.24. The molecule has 1 aromatic heterocycles. The highest BCUT2D eigenvalue weighted by molar-refractivity contribution is 7.99. The smallest absolute Gasteiger partial charge is 0.408 e. The summed E-state index contributed by atoms with van der Waals surface area (Å²) in [5.74, 6) is 1.24. The van der Waals surface area contributed by atoms with Gasteiger partial charge in [-0.3, -0.25) is 4.79 Å². The van der Waals surface area contributed by atoms with Crippen LogP contribution in [0.2, 0.25) is 0 Å². The van der Waals surface area contributed by atoms with Crippen LogP contribution in [0.1, 0.15) is 33.6 Å². The van der Waals surface area contributed by atoms with Crippen LogP contribution >= 0.6 is 11.8 Å². The molecule has 0 unspecified atom stereocenters. The molecule has 26 heavy (non-hydrogen) atoms. The number of aromatic nitrogens is 1. The number of carbonyl (C=O) groups excluding carboxylic acids is 2. The number of likely N-dealkylation sites (N-methyl/N-ethyl adjacent to an activating group) is 1. The fourth-order valence-electron chi connectivity index (χ4n) is 3.06. The first kappa shape index (κ1) is 18.8. The Bertz CT molecular complexity index is 698. The molecule has 142 valence electrons. The van der Waals surface area contributed by atoms with Crippen molar-refractivity contribution >= 4 is 35.3 Å². The monoisotopic (exact) mass is 378 g/mol. The number of nitrogens with zero attached hydrogens (tertiary/aromatic N) is 3. The molecule has 0 aromatic carbocycles. The molecule has 0 spiro atoms. The number of thioether (sulfide) groups is 1. The summed E-state index contributed by atoms with van der Waals surface area (Å²) in [6, 6.07) is 1.41. The summed E-state index contributed by atoms with van der Waals surface area (Å²) in [4.78, 5) is 34.2. The van der Waals surface area contributed by atoms with Crippen molar-refractivity contribution in [1.82, 2.24) is 10.3 Å². The van der Waals surface area contributed by atoms with Gasteiger partial charge >= 0.3 is 6.09 Å². The van der Waals surface area contributed by atoms with E-state index in [9.17, 15) is 9.59 Å². The summed E-state index contributed by atoms with van der Waals surface area (Å²) < 4.78 is 5.28. The number of hydrogen-bond acceptors (Lipinski definition) is 6. The SMILES string of the molecule is CN1C(=O)[C@@H](NC(=O)OC(C)(C)C)CSc2cc(N3CCCC3)ncc21. The Morgan fingerprint density at radius 2 is 2.04 bits per heavy atom. The average Bonchev–Trinajstić information content (AvgIpc) is 3.06. The number of amides is 2. The van der Waals surface area contributed by atoms with E-state index in [0.29, 0.717) is 5.75 Å². The molecule has 2 aliphatic rings. The zero-order valence-corrected chi connectivity index (χ0v) is 16.6. The highest BCUT2D eigenvalue weighted by atomic mass is 32.2. The Labute approximate surface area is 158 Å². The van der Waals surface area contributed by atoms with E-state index in [0.717, 1.165) is 29.5 Å². The molecule has 1 fully saturated rings. The molecule has 1 atom stereocenters. The van der Waals surface area contributed by atoms with Crippen molar-refractivity contribution in [3.05, 3.63) is 12.3 Å². The number of alkyl carbamates (subject to hydrolysis) is 1. The second kappa shape index (κ2) is 7.34. The topological polar surface area (TPSA) is 74.8 Å². The first-order chi connectivity index (χ1) is 12.2. The van der Waals surface area contributed by atoms with Gasteiger partial charge in [-0.1, -0.05) is 0 Å². The second-order valence-corrected chi connectivity index (χ2v) is 8.67. The van der Waals surface area contributed by atoms with Gasteiger partial charge < -0.3 is 19.9 Å². The van der Waals surface area contributed by atoms with Gasteiger partial charge in [0.15, 0.2) is 0 Å². The van der Waals surface area contributed by atoms with Gasteiger partial charge in [-0.2, -0.15) is 0 Å². The summed E-state index contributed by atoms with van der Waals surface area (Å²) in [7, 11) is 1.72. The van der Waals surface area contributed by atoms with Crippen molar-refractivity contribution in [1.29, 1.82) is 0 Å². The maximum absolute atomic E-state index is 12.8. The highest BCUT2D eigenvalue weighted by Gasteiger charge is 2.32. The van der Waals surface area contributed by atoms with Crippen LogP contribution < -0.4 is 15.1 Å². The molecule has 8 heteroatoms. The first-order valence-electron chi connectivity index (χ1n) is 8.89. The fourth-order valence-corrected chi connectivity index (χ4v) is 4.15. The minimum absolute atomic E-state index is 0.169. The van der Waals surface area contributed by atoms with Crippen LogP contribution in [0, 0.1) is 0 Å². The Morgan fingerprint density at radius 1 is 1.35 bits per heavy atom. The van der Waals surface area contributed by atoms with Gasteiger partial charge in [-0.05, 0) is 39.7 Å². The molecule has 0 radical (unpaired) electrons. The molecule has 2 amide bonds. The molecule has 1 N–H and O–H groups in total. The molecule has 2 aliphatic heterocycles. The number of anilines is 2. The Balaban J connectivity index is 1.75. The van der Waals surface area contributed by atoms with Crippen molar-refractivity contribution < 1.29 is 14.3 Å². The highest BCUT2D eigenvalue weighted by Crippen LogP contribution is 2.36. The van der Waals surface area contributed by atoms with E-state index in [4.69, 9.17) is 4.74 Å². The lowest BCUT2D eigenvalue weighted by Crippen LogP contribution is -2.49. The van der Waals surface area contributed by atoms with Gasteiger partial charge in [0, 0.05) is 30.8 Å². The third-order valence-electron chi connectivity index (χ3n) is 4.35. The summed E-state index contributed by atoms with van der Waals surface area (Å²) in [5, 5.41) is 2.70. The van der Waals surface area contributed by atoms with E-state index in [1.807, 2.05) is 6.07 Å². The van der Waals surface area contributed by atoms with Gasteiger partial charge in [-0.25, -0.2) is 9.78 Å². The minimum atomic E-state index is -0.637. The van der Waals surface area contributed by atoms with E-state index < -0.39 is 17.7 Å². The summed E-state index contributed by atoms with van der Waals surface area (Å²) in [6.45, 7) is 7.43. The lowest BCUT2D eigenvalue weighted by molar-refractivity contribution is -0.119. The summed E-state index contributed by atoms with van der Waals surface area (Å²) in [6.07, 6.45) is 3.55. The van der Waals surface area contributed by atoms with E-state index in [1.165, 1.54) is 12.8 Å². The molecule has 0 saturated carbocycles. The molecular formula is C18H26N4O3S. The summed E-state index contributed by atoms with van der Waals surface area (Å²) in [5.41, 5.74) is 0.172. The summed E-state index contributed by atoms with van der Waals surface area (Å²) >= 11 is 1.56. The molecule has 3 heterocycles. The standard InChI is InChI=1S/C18H26N4O3S/c1-18(2,3)25-17(24)20-12-11-26-14-9-15(22-7-5-6-8-22)19-10-13(14)21(4)16(12)23/h9-10,12H,5-8,11H2,1-4H3,(H,20,24)/t12-/m0/s1. The van der Waals surface area contributed by atoms with E-state index in [1.54, 1.807) is 50.7 Å². The zero-order valence-electron chi connectivity index (χ0n) is 15.7. The quantitative estimate of drug-likeness (QED) is 0.853. The van der Waals surface area contributed by atoms with Gasteiger partial charge in [-0.15, -0.1) is 11.8 Å². The number of rotatable bonds is 2. The lowest BCUT2D eigenvalue weighted by atomic mass is 10.2. The predicted octanol–water partition coefficient (Wildman–Crippen LogP) is 2.64. The average molecular weight is 378 g/mol. The van der Waals surface area contributed by atoms with Gasteiger partial charge in [0.2, 0.25) is 5.91 Å². The number of carbonyl (C=O) groups is 2. The molecular weight excluding hydrogens is 352 g/mol. The Hall–Kier alpha value is -1.96. The van der Waals surface area contributed by atoms with Crippen LogP contribution in [-0.4, -0.2) is 54.5 Å². The number of hydrogen-bond donors (Lipinski definition) is 1.